The monoisotopic (exact) mass is 710 g/mol. The van der Waals surface area contributed by atoms with E-state index in [2.05, 4.69) is 33.6 Å². The van der Waals surface area contributed by atoms with Crippen LogP contribution in [0.3, 0.4) is 0 Å². The summed E-state index contributed by atoms with van der Waals surface area (Å²) in [5.74, 6) is -0.951. The fourth-order valence-electron chi connectivity index (χ4n) is 6.63. The largest absolute Gasteiger partial charge is 0.478 e. The number of aryl methyl sites for hydroxylation is 3. The maximum Gasteiger partial charge on any atom is 0.335 e. The van der Waals surface area contributed by atoms with E-state index in [4.69, 9.17) is 23.2 Å². The molecule has 6 rings (SSSR count). The van der Waals surface area contributed by atoms with Crippen LogP contribution < -0.4 is 4.72 Å². The number of rotatable bonds is 13. The Morgan fingerprint density at radius 3 is 2.06 bits per heavy atom. The molecule has 0 radical (unpaired) electrons. The van der Waals surface area contributed by atoms with Crippen molar-refractivity contribution < 1.29 is 18.3 Å². The number of nitrogens with one attached hydrogen (secondary N) is 1. The fourth-order valence-corrected chi connectivity index (χ4v) is 8.66. The second-order valence-corrected chi connectivity index (χ2v) is 14.6. The predicted octanol–water partition coefficient (Wildman–Crippen LogP) is 9.29. The normalized spacial score (nSPS) is 11.8. The van der Waals surface area contributed by atoms with E-state index in [0.717, 1.165) is 51.7 Å². The number of hydrogen-bond donors (Lipinski definition) is 2. The average molecular weight is 712 g/mol. The number of carboxylic acids is 1. The van der Waals surface area contributed by atoms with Gasteiger partial charge in [0.1, 0.15) is 4.90 Å². The molecule has 0 saturated carbocycles. The highest BCUT2D eigenvalue weighted by molar-refractivity contribution is 7.89. The zero-order valence-corrected chi connectivity index (χ0v) is 29.3. The minimum absolute atomic E-state index is 0.0876. The fraction of sp³-hybridized carbons (Fsp3) is 0.175. The number of hydrogen-bond acceptors (Lipinski definition) is 3. The summed E-state index contributed by atoms with van der Waals surface area (Å²) in [6, 6.07) is 38.4. The molecule has 49 heavy (non-hydrogen) atoms. The van der Waals surface area contributed by atoms with Crippen molar-refractivity contribution in [1.29, 1.82) is 0 Å². The Morgan fingerprint density at radius 1 is 0.796 bits per heavy atom. The molecule has 6 nitrogen and oxygen atoms in total. The molecule has 1 aromatic heterocycles. The van der Waals surface area contributed by atoms with Crippen LogP contribution in [0.1, 0.15) is 56.3 Å². The van der Waals surface area contributed by atoms with Crippen LogP contribution in [0, 0.1) is 6.92 Å². The second-order valence-electron chi connectivity index (χ2n) is 12.1. The number of sulfonamides is 1. The minimum atomic E-state index is -3.90. The minimum Gasteiger partial charge on any atom is -0.478 e. The lowest BCUT2D eigenvalue weighted by Gasteiger charge is -2.25. The van der Waals surface area contributed by atoms with Crippen molar-refractivity contribution in [2.45, 2.75) is 43.5 Å². The highest BCUT2D eigenvalue weighted by Gasteiger charge is 2.26. The summed E-state index contributed by atoms with van der Waals surface area (Å²) < 4.78 is 32.3. The molecule has 5 aromatic carbocycles. The van der Waals surface area contributed by atoms with Crippen LogP contribution in [0.2, 0.25) is 10.0 Å². The molecular weight excluding hydrogens is 675 g/mol. The Morgan fingerprint density at radius 2 is 1.45 bits per heavy atom. The number of benzene rings is 5. The summed E-state index contributed by atoms with van der Waals surface area (Å²) in [5, 5.41) is 11.1. The molecule has 0 aliphatic heterocycles. The smallest absolute Gasteiger partial charge is 0.335 e. The second kappa shape index (κ2) is 15.0. The molecule has 6 aromatic rings. The van der Waals surface area contributed by atoms with Crippen molar-refractivity contribution in [2.24, 2.45) is 0 Å². The van der Waals surface area contributed by atoms with Crippen LogP contribution in [-0.2, 0) is 29.3 Å². The van der Waals surface area contributed by atoms with Gasteiger partial charge in [-0.1, -0.05) is 108 Å². The SMILES string of the molecule is Cc1cccc(Cl)c1S(=O)(=O)NCCc1c(CCCc2ccc(C(=O)O)cc2)c2cc(Cl)ccc2n1C(c1ccccc1)c1ccccc1. The quantitative estimate of drug-likeness (QED) is 0.125. The molecule has 9 heteroatoms. The van der Waals surface area contributed by atoms with Gasteiger partial charge in [0.2, 0.25) is 10.0 Å². The van der Waals surface area contributed by atoms with E-state index in [1.165, 1.54) is 0 Å². The molecule has 0 fully saturated rings. The van der Waals surface area contributed by atoms with Gasteiger partial charge in [0.05, 0.1) is 16.6 Å². The van der Waals surface area contributed by atoms with E-state index in [1.807, 2.05) is 66.7 Å². The van der Waals surface area contributed by atoms with Gasteiger partial charge in [0.15, 0.2) is 0 Å². The van der Waals surface area contributed by atoms with Gasteiger partial charge in [-0.2, -0.15) is 0 Å². The van der Waals surface area contributed by atoms with Gasteiger partial charge in [-0.3, -0.25) is 0 Å². The molecule has 0 aliphatic rings. The summed E-state index contributed by atoms with van der Waals surface area (Å²) >= 11 is 13.0. The number of aromatic carboxylic acids is 1. The first kappa shape index (κ1) is 34.5. The summed E-state index contributed by atoms with van der Waals surface area (Å²) in [4.78, 5) is 11.5. The first-order chi connectivity index (χ1) is 23.6. The maximum absolute atomic E-state index is 13.6. The van der Waals surface area contributed by atoms with Crippen molar-refractivity contribution in [2.75, 3.05) is 6.54 Å². The highest BCUT2D eigenvalue weighted by atomic mass is 35.5. The van der Waals surface area contributed by atoms with Gasteiger partial charge in [-0.25, -0.2) is 17.9 Å². The van der Waals surface area contributed by atoms with Crippen LogP contribution in [-0.4, -0.2) is 30.6 Å². The topological polar surface area (TPSA) is 88.4 Å². The molecule has 250 valence electrons. The van der Waals surface area contributed by atoms with Gasteiger partial charge in [0, 0.05) is 34.6 Å². The number of fused-ring (bicyclic) bond motifs is 1. The zero-order valence-electron chi connectivity index (χ0n) is 26.9. The molecule has 0 saturated heterocycles. The van der Waals surface area contributed by atoms with Crippen molar-refractivity contribution in [1.82, 2.24) is 9.29 Å². The average Bonchev–Trinajstić information content (AvgIpc) is 3.37. The predicted molar refractivity (Wildman–Crippen MR) is 198 cm³/mol. The number of aromatic nitrogens is 1. The molecule has 0 unspecified atom stereocenters. The van der Waals surface area contributed by atoms with Gasteiger partial charge in [0.25, 0.3) is 0 Å². The molecular formula is C40H36Cl2N2O4S. The van der Waals surface area contributed by atoms with Gasteiger partial charge in [-0.15, -0.1) is 0 Å². The first-order valence-electron chi connectivity index (χ1n) is 16.1. The van der Waals surface area contributed by atoms with Gasteiger partial charge < -0.3 is 9.67 Å². The van der Waals surface area contributed by atoms with Crippen LogP contribution in [0.5, 0.6) is 0 Å². The zero-order chi connectivity index (χ0) is 34.5. The third-order valence-electron chi connectivity index (χ3n) is 8.85. The van der Waals surface area contributed by atoms with E-state index in [-0.39, 0.29) is 28.1 Å². The summed E-state index contributed by atoms with van der Waals surface area (Å²) in [5.41, 5.74) is 7.18. The van der Waals surface area contributed by atoms with Crippen molar-refractivity contribution >= 4 is 50.1 Å². The van der Waals surface area contributed by atoms with Crippen molar-refractivity contribution in [3.63, 3.8) is 0 Å². The standard InChI is InChI=1S/C40H36Cl2N2O4S/c1-27-10-8-17-35(42)39(27)49(47,48)43-25-24-37-33(16-9-11-28-18-20-31(21-19-28)40(45)46)34-26-32(41)22-23-36(34)44(37)38(29-12-4-2-5-13-29)30-14-6-3-7-15-30/h2-8,10,12-15,17-23,26,38,43H,9,11,16,24-25H2,1H3,(H,45,46). The summed E-state index contributed by atoms with van der Waals surface area (Å²) in [6.45, 7) is 1.89. The van der Waals surface area contributed by atoms with Crippen LogP contribution in [0.15, 0.2) is 126 Å². The lowest BCUT2D eigenvalue weighted by atomic mass is 9.97. The summed E-state index contributed by atoms with van der Waals surface area (Å²) in [7, 11) is -3.90. The molecule has 0 bridgehead atoms. The molecule has 2 N–H and O–H groups in total. The van der Waals surface area contributed by atoms with E-state index in [9.17, 15) is 18.3 Å². The van der Waals surface area contributed by atoms with Gasteiger partial charge >= 0.3 is 5.97 Å². The lowest BCUT2D eigenvalue weighted by Crippen LogP contribution is -2.28. The number of nitrogens with zero attached hydrogens (tertiary/aromatic N) is 1. The molecule has 0 aliphatic carbocycles. The Labute approximate surface area is 297 Å². The van der Waals surface area contributed by atoms with E-state index >= 15 is 0 Å². The molecule has 0 atom stereocenters. The van der Waals surface area contributed by atoms with Crippen LogP contribution in [0.25, 0.3) is 10.9 Å². The van der Waals surface area contributed by atoms with E-state index in [0.29, 0.717) is 23.4 Å². The van der Waals surface area contributed by atoms with E-state index < -0.39 is 16.0 Å². The Bertz CT molecular complexity index is 2140. The molecule has 1 heterocycles. The number of carbonyl (C=O) groups is 1. The number of halogens is 2. The Kier molecular flexibility index (Phi) is 10.6. The third kappa shape index (κ3) is 7.61. The van der Waals surface area contributed by atoms with E-state index in [1.54, 1.807) is 37.3 Å². The first-order valence-corrected chi connectivity index (χ1v) is 18.4. The highest BCUT2D eigenvalue weighted by Crippen LogP contribution is 2.38. The van der Waals surface area contributed by atoms with Gasteiger partial charge in [-0.05, 0) is 90.4 Å². The van der Waals surface area contributed by atoms with Crippen LogP contribution >= 0.6 is 23.2 Å². The lowest BCUT2D eigenvalue weighted by molar-refractivity contribution is 0.0697. The Balaban J connectivity index is 1.44. The maximum atomic E-state index is 13.6. The number of carboxylic acid groups (broad SMARTS) is 1. The van der Waals surface area contributed by atoms with Crippen LogP contribution in [0.4, 0.5) is 0 Å². The third-order valence-corrected chi connectivity index (χ3v) is 11.2. The Hall–Kier alpha value is -4.40. The molecule has 0 amide bonds. The van der Waals surface area contributed by atoms with Crippen molar-refractivity contribution in [3.8, 4) is 0 Å². The molecule has 0 spiro atoms. The van der Waals surface area contributed by atoms with Crippen molar-refractivity contribution in [3.05, 3.63) is 170 Å². The summed E-state index contributed by atoms with van der Waals surface area (Å²) in [6.07, 6.45) is 2.64.